The highest BCUT2D eigenvalue weighted by atomic mass is 16.3. The van der Waals surface area contributed by atoms with Gasteiger partial charge in [-0.15, -0.1) is 0 Å². The third kappa shape index (κ3) is 2.63. The van der Waals surface area contributed by atoms with E-state index in [1.54, 1.807) is 7.05 Å². The highest BCUT2D eigenvalue weighted by molar-refractivity contribution is 5.10. The van der Waals surface area contributed by atoms with Crippen molar-refractivity contribution in [1.29, 1.82) is 0 Å². The molecule has 6 heteroatoms. The molecule has 4 N–H and O–H groups in total. The first kappa shape index (κ1) is 10.8. The van der Waals surface area contributed by atoms with Gasteiger partial charge in [0, 0.05) is 6.54 Å². The van der Waals surface area contributed by atoms with E-state index in [1.165, 1.54) is 0 Å². The van der Waals surface area contributed by atoms with Gasteiger partial charge in [-0.2, -0.15) is 0 Å². The Morgan fingerprint density at radius 1 is 1.36 bits per heavy atom. The molecular weight excluding hydrogens is 186 g/mol. The molecule has 0 aliphatic rings. The summed E-state index contributed by atoms with van der Waals surface area (Å²) in [6.07, 6.45) is 0.211. The van der Waals surface area contributed by atoms with Crippen LogP contribution in [0.5, 0.6) is 5.75 Å². The minimum atomic E-state index is -1.15. The first-order valence-corrected chi connectivity index (χ1v) is 4.16. The molecule has 1 rings (SSSR count). The van der Waals surface area contributed by atoms with Gasteiger partial charge in [0.25, 0.3) is 0 Å². The number of aliphatic hydroxyl groups is 2. The molecule has 2 unspecified atom stereocenters. The summed E-state index contributed by atoms with van der Waals surface area (Å²) in [5, 5.41) is 30.5. The van der Waals surface area contributed by atoms with E-state index in [9.17, 15) is 10.2 Å². The number of aromatic nitrogens is 2. The van der Waals surface area contributed by atoms with Crippen molar-refractivity contribution in [1.82, 2.24) is 15.3 Å². The van der Waals surface area contributed by atoms with Crippen molar-refractivity contribution in [2.24, 2.45) is 0 Å². The Morgan fingerprint density at radius 2 is 1.93 bits per heavy atom. The van der Waals surface area contributed by atoms with Crippen LogP contribution in [0.25, 0.3) is 0 Å². The number of aliphatic hydroxyl groups excluding tert-OH is 2. The molecule has 0 amide bonds. The van der Waals surface area contributed by atoms with Gasteiger partial charge in [0.1, 0.15) is 6.10 Å². The Labute approximate surface area is 81.3 Å². The van der Waals surface area contributed by atoms with Crippen molar-refractivity contribution in [2.75, 3.05) is 13.6 Å². The van der Waals surface area contributed by atoms with E-state index in [4.69, 9.17) is 5.11 Å². The minimum absolute atomic E-state index is 0.0796. The molecule has 0 aromatic carbocycles. The molecule has 2 atom stereocenters. The summed E-state index contributed by atoms with van der Waals surface area (Å²) in [5.41, 5.74) is 0. The number of nitrogens with one attached hydrogen (secondary N) is 1. The molecule has 0 radical (unpaired) electrons. The van der Waals surface area contributed by atoms with E-state index in [0.717, 1.165) is 12.4 Å². The predicted octanol–water partition coefficient (Wildman–Crippen LogP) is -1.20. The van der Waals surface area contributed by atoms with Crippen molar-refractivity contribution in [2.45, 2.75) is 12.2 Å². The maximum absolute atomic E-state index is 9.51. The van der Waals surface area contributed by atoms with Gasteiger partial charge >= 0.3 is 0 Å². The van der Waals surface area contributed by atoms with Crippen LogP contribution in [0, 0.1) is 0 Å². The van der Waals surface area contributed by atoms with Crippen LogP contribution in [0.1, 0.15) is 11.9 Å². The third-order valence-corrected chi connectivity index (χ3v) is 1.70. The molecule has 78 valence electrons. The standard InChI is InChI=1S/C8H13N3O3/c1-9-4-6(13)7(14)8-10-2-5(12)3-11-8/h2-3,6-7,9,12-14H,4H2,1H3. The Kier molecular flexibility index (Phi) is 3.75. The highest BCUT2D eigenvalue weighted by Gasteiger charge is 2.19. The van der Waals surface area contributed by atoms with E-state index in [2.05, 4.69) is 15.3 Å². The summed E-state index contributed by atoms with van der Waals surface area (Å²) >= 11 is 0. The van der Waals surface area contributed by atoms with Crippen LogP contribution in [0.4, 0.5) is 0 Å². The van der Waals surface area contributed by atoms with Crippen LogP contribution in [0.3, 0.4) is 0 Å². The molecule has 0 spiro atoms. The molecule has 0 saturated carbocycles. The molecule has 6 nitrogen and oxygen atoms in total. The average molecular weight is 199 g/mol. The minimum Gasteiger partial charge on any atom is -0.505 e. The van der Waals surface area contributed by atoms with Crippen molar-refractivity contribution < 1.29 is 15.3 Å². The highest BCUT2D eigenvalue weighted by Crippen LogP contribution is 2.13. The molecule has 0 saturated heterocycles. The zero-order chi connectivity index (χ0) is 10.6. The summed E-state index contributed by atoms with van der Waals surface area (Å²) in [6, 6.07) is 0. The van der Waals surface area contributed by atoms with Gasteiger partial charge in [-0.3, -0.25) is 0 Å². The van der Waals surface area contributed by atoms with Crippen LogP contribution >= 0.6 is 0 Å². The van der Waals surface area contributed by atoms with Gasteiger partial charge in [-0.25, -0.2) is 9.97 Å². The fraction of sp³-hybridized carbons (Fsp3) is 0.500. The molecule has 1 aromatic heterocycles. The third-order valence-electron chi connectivity index (χ3n) is 1.70. The van der Waals surface area contributed by atoms with Crippen LogP contribution < -0.4 is 5.32 Å². The first-order chi connectivity index (χ1) is 6.65. The zero-order valence-electron chi connectivity index (χ0n) is 7.75. The van der Waals surface area contributed by atoms with E-state index >= 15 is 0 Å². The van der Waals surface area contributed by atoms with E-state index in [1.807, 2.05) is 0 Å². The van der Waals surface area contributed by atoms with Gasteiger partial charge in [-0.05, 0) is 7.05 Å². The lowest BCUT2D eigenvalue weighted by atomic mass is 10.2. The molecule has 0 aliphatic heterocycles. The lowest BCUT2D eigenvalue weighted by molar-refractivity contribution is 0.0148. The smallest absolute Gasteiger partial charge is 0.159 e. The topological polar surface area (TPSA) is 98.5 Å². The number of nitrogens with zero attached hydrogens (tertiary/aromatic N) is 2. The SMILES string of the molecule is CNCC(O)C(O)c1ncc(O)cn1. The van der Waals surface area contributed by atoms with Gasteiger partial charge in [0.15, 0.2) is 11.6 Å². The molecule has 1 heterocycles. The molecule has 1 aromatic rings. The second-order valence-corrected chi connectivity index (χ2v) is 2.87. The monoisotopic (exact) mass is 199 g/mol. The molecule has 0 bridgehead atoms. The Hall–Kier alpha value is -1.24. The maximum Gasteiger partial charge on any atom is 0.159 e. The fourth-order valence-electron chi connectivity index (χ4n) is 0.977. The fourth-order valence-corrected chi connectivity index (χ4v) is 0.977. The van der Waals surface area contributed by atoms with Crippen LogP contribution in [0.2, 0.25) is 0 Å². The number of hydrogen-bond acceptors (Lipinski definition) is 6. The summed E-state index contributed by atoms with van der Waals surface area (Å²) in [6.45, 7) is 0.241. The van der Waals surface area contributed by atoms with Gasteiger partial charge in [-0.1, -0.05) is 0 Å². The maximum atomic E-state index is 9.51. The van der Waals surface area contributed by atoms with Crippen LogP contribution in [-0.4, -0.2) is 45.0 Å². The molecule has 0 fully saturated rings. The predicted molar refractivity (Wildman–Crippen MR) is 48.6 cm³/mol. The quantitative estimate of drug-likeness (QED) is 0.486. The Bertz CT molecular complexity index is 278. The number of hydrogen-bond donors (Lipinski definition) is 4. The van der Waals surface area contributed by atoms with Crippen LogP contribution in [0.15, 0.2) is 12.4 Å². The van der Waals surface area contributed by atoms with Crippen molar-refractivity contribution in [3.63, 3.8) is 0 Å². The Balaban J connectivity index is 2.68. The lowest BCUT2D eigenvalue weighted by Crippen LogP contribution is -2.30. The van der Waals surface area contributed by atoms with Crippen molar-refractivity contribution >= 4 is 0 Å². The van der Waals surface area contributed by atoms with Crippen molar-refractivity contribution in [3.8, 4) is 5.75 Å². The number of likely N-dealkylation sites (N-methyl/N-ethyl adjacent to an activating group) is 1. The van der Waals surface area contributed by atoms with Gasteiger partial charge in [0.05, 0.1) is 18.5 Å². The molecular formula is C8H13N3O3. The van der Waals surface area contributed by atoms with E-state index in [-0.39, 0.29) is 18.1 Å². The largest absolute Gasteiger partial charge is 0.505 e. The van der Waals surface area contributed by atoms with Gasteiger partial charge in [0.2, 0.25) is 0 Å². The number of rotatable bonds is 4. The number of aromatic hydroxyl groups is 1. The lowest BCUT2D eigenvalue weighted by Gasteiger charge is -2.15. The summed E-state index contributed by atoms with van der Waals surface area (Å²) in [4.78, 5) is 7.37. The first-order valence-electron chi connectivity index (χ1n) is 4.16. The second-order valence-electron chi connectivity index (χ2n) is 2.87. The second kappa shape index (κ2) is 4.85. The van der Waals surface area contributed by atoms with E-state index < -0.39 is 12.2 Å². The summed E-state index contributed by atoms with van der Waals surface area (Å²) in [7, 11) is 1.66. The molecule has 14 heavy (non-hydrogen) atoms. The average Bonchev–Trinajstić information content (AvgIpc) is 2.18. The summed E-state index contributed by atoms with van der Waals surface area (Å²) < 4.78 is 0. The van der Waals surface area contributed by atoms with Gasteiger partial charge < -0.3 is 20.6 Å². The summed E-state index contributed by atoms with van der Waals surface area (Å²) in [5.74, 6) is 0.00889. The molecule has 0 aliphatic carbocycles. The van der Waals surface area contributed by atoms with E-state index in [0.29, 0.717) is 0 Å². The zero-order valence-corrected chi connectivity index (χ0v) is 7.75. The van der Waals surface area contributed by atoms with Crippen molar-refractivity contribution in [3.05, 3.63) is 18.2 Å². The van der Waals surface area contributed by atoms with Crippen LogP contribution in [-0.2, 0) is 0 Å². The Morgan fingerprint density at radius 3 is 2.43 bits per heavy atom. The normalized spacial score (nSPS) is 15.1.